The molecule has 4 bridgehead atoms. The monoisotopic (exact) mass is 204 g/mol. The summed E-state index contributed by atoms with van der Waals surface area (Å²) in [6.07, 6.45) is 8.39. The molecule has 0 aliphatic heterocycles. The minimum atomic E-state index is 0.0658. The average Bonchev–Trinajstić information content (AvgIpc) is 2.93. The highest BCUT2D eigenvalue weighted by Gasteiger charge is 2.65. The van der Waals surface area contributed by atoms with E-state index in [0.29, 0.717) is 0 Å². The van der Waals surface area contributed by atoms with Crippen molar-refractivity contribution in [3.05, 3.63) is 0 Å². The summed E-state index contributed by atoms with van der Waals surface area (Å²) >= 11 is 0. The molecule has 4 rings (SSSR count). The number of hydrogen-bond donors (Lipinski definition) is 0. The first-order valence-corrected chi connectivity index (χ1v) is 6.69. The molecule has 0 N–H and O–H groups in total. The van der Waals surface area contributed by atoms with Gasteiger partial charge in [0.1, 0.15) is 6.29 Å². The third kappa shape index (κ3) is 0.855. The Balaban J connectivity index is 1.74. The van der Waals surface area contributed by atoms with Crippen LogP contribution in [0.1, 0.15) is 39.0 Å². The van der Waals surface area contributed by atoms with Crippen molar-refractivity contribution in [1.29, 1.82) is 0 Å². The smallest absolute Gasteiger partial charge is 0.126 e. The van der Waals surface area contributed by atoms with E-state index in [1.54, 1.807) is 0 Å². The van der Waals surface area contributed by atoms with Crippen molar-refractivity contribution in [3.63, 3.8) is 0 Å². The van der Waals surface area contributed by atoms with Gasteiger partial charge >= 0.3 is 0 Å². The lowest BCUT2D eigenvalue weighted by molar-refractivity contribution is -0.120. The lowest BCUT2D eigenvalue weighted by Crippen LogP contribution is -2.39. The van der Waals surface area contributed by atoms with Gasteiger partial charge in [-0.15, -0.1) is 0 Å². The molecule has 0 saturated heterocycles. The van der Waals surface area contributed by atoms with Crippen LogP contribution in [0, 0.1) is 40.9 Å². The first kappa shape index (κ1) is 8.78. The van der Waals surface area contributed by atoms with Crippen LogP contribution in [0.15, 0.2) is 0 Å². The fraction of sp³-hybridized carbons (Fsp3) is 0.929. The number of aldehydes is 1. The second-order valence-electron chi connectivity index (χ2n) is 6.92. The minimum Gasteiger partial charge on any atom is -0.303 e. The number of hydrogen-bond acceptors (Lipinski definition) is 1. The van der Waals surface area contributed by atoms with Crippen LogP contribution in [0.25, 0.3) is 0 Å². The summed E-state index contributed by atoms with van der Waals surface area (Å²) in [7, 11) is 0. The van der Waals surface area contributed by atoms with Crippen LogP contribution in [0.3, 0.4) is 0 Å². The quantitative estimate of drug-likeness (QED) is 0.474. The zero-order chi connectivity index (χ0) is 10.2. The topological polar surface area (TPSA) is 17.1 Å². The molecule has 4 aliphatic rings. The third-order valence-corrected chi connectivity index (χ3v) is 6.43. The fourth-order valence-electron chi connectivity index (χ4n) is 6.10. The maximum Gasteiger partial charge on any atom is 0.126 e. The molecule has 4 saturated carbocycles. The van der Waals surface area contributed by atoms with Gasteiger partial charge in [-0.2, -0.15) is 0 Å². The van der Waals surface area contributed by atoms with Gasteiger partial charge in [0.15, 0.2) is 0 Å². The third-order valence-electron chi connectivity index (χ3n) is 6.43. The Bertz CT molecular complexity index is 323. The van der Waals surface area contributed by atoms with E-state index in [4.69, 9.17) is 0 Å². The van der Waals surface area contributed by atoms with E-state index in [1.165, 1.54) is 38.4 Å². The molecule has 0 amide bonds. The fourth-order valence-corrected chi connectivity index (χ4v) is 6.10. The molecule has 4 fully saturated rings. The molecule has 7 atom stereocenters. The van der Waals surface area contributed by atoms with Crippen LogP contribution in [0.5, 0.6) is 0 Å². The molecule has 0 spiro atoms. The lowest BCUT2D eigenvalue weighted by atomic mass is 9.62. The Labute approximate surface area is 91.6 Å². The predicted molar refractivity (Wildman–Crippen MR) is 58.2 cm³/mol. The molecule has 1 heteroatoms. The standard InChI is InChI=1S/C14H20O/c1-14(7-15)6-10-5-11(14)13-9-3-2-8(4-9)12(10)13/h7-13H,2-6H2,1H3. The van der Waals surface area contributed by atoms with Crippen molar-refractivity contribution in [2.24, 2.45) is 40.9 Å². The van der Waals surface area contributed by atoms with Gasteiger partial charge in [0.25, 0.3) is 0 Å². The summed E-state index contributed by atoms with van der Waals surface area (Å²) in [6.45, 7) is 2.23. The van der Waals surface area contributed by atoms with E-state index >= 15 is 0 Å². The molecular weight excluding hydrogens is 184 g/mol. The van der Waals surface area contributed by atoms with Crippen LogP contribution in [0.2, 0.25) is 0 Å². The maximum atomic E-state index is 11.3. The van der Waals surface area contributed by atoms with Crippen molar-refractivity contribution in [2.45, 2.75) is 39.0 Å². The summed E-state index contributed by atoms with van der Waals surface area (Å²) in [5, 5.41) is 0. The number of fused-ring (bicyclic) bond motifs is 9. The Morgan fingerprint density at radius 2 is 1.80 bits per heavy atom. The molecule has 1 nitrogen and oxygen atoms in total. The highest BCUT2D eigenvalue weighted by Crippen LogP contribution is 2.71. The van der Waals surface area contributed by atoms with E-state index in [0.717, 1.165) is 35.5 Å². The Morgan fingerprint density at radius 3 is 2.53 bits per heavy atom. The molecule has 82 valence electrons. The maximum absolute atomic E-state index is 11.3. The van der Waals surface area contributed by atoms with E-state index in [9.17, 15) is 4.79 Å². The number of carbonyl (C=O) groups is 1. The highest BCUT2D eigenvalue weighted by atomic mass is 16.1. The van der Waals surface area contributed by atoms with Crippen molar-refractivity contribution < 1.29 is 4.79 Å². The van der Waals surface area contributed by atoms with Gasteiger partial charge in [0.2, 0.25) is 0 Å². The van der Waals surface area contributed by atoms with Gasteiger partial charge in [-0.25, -0.2) is 0 Å². The average molecular weight is 204 g/mol. The summed E-state index contributed by atoms with van der Waals surface area (Å²) in [5.74, 6) is 5.76. The second kappa shape index (κ2) is 2.49. The first-order chi connectivity index (χ1) is 7.23. The highest BCUT2D eigenvalue weighted by molar-refractivity contribution is 5.61. The Morgan fingerprint density at radius 1 is 1.07 bits per heavy atom. The Hall–Kier alpha value is -0.330. The summed E-state index contributed by atoms with van der Waals surface area (Å²) in [5.41, 5.74) is 0.0658. The van der Waals surface area contributed by atoms with Gasteiger partial charge < -0.3 is 4.79 Å². The van der Waals surface area contributed by atoms with Gasteiger partial charge in [-0.1, -0.05) is 6.92 Å². The molecule has 0 radical (unpaired) electrons. The van der Waals surface area contributed by atoms with Gasteiger partial charge in [0, 0.05) is 5.41 Å². The van der Waals surface area contributed by atoms with Crippen molar-refractivity contribution in [2.75, 3.05) is 0 Å². The summed E-state index contributed by atoms with van der Waals surface area (Å²) < 4.78 is 0. The molecule has 0 heterocycles. The van der Waals surface area contributed by atoms with E-state index in [1.807, 2.05) is 0 Å². The van der Waals surface area contributed by atoms with Crippen molar-refractivity contribution >= 4 is 6.29 Å². The van der Waals surface area contributed by atoms with Crippen molar-refractivity contribution in [3.8, 4) is 0 Å². The van der Waals surface area contributed by atoms with Crippen LogP contribution in [-0.4, -0.2) is 6.29 Å². The Kier molecular flexibility index (Phi) is 1.46. The molecule has 0 aromatic heterocycles. The van der Waals surface area contributed by atoms with Gasteiger partial charge in [0.05, 0.1) is 0 Å². The second-order valence-corrected chi connectivity index (χ2v) is 6.92. The largest absolute Gasteiger partial charge is 0.303 e. The zero-order valence-electron chi connectivity index (χ0n) is 9.49. The molecule has 0 aromatic rings. The SMILES string of the molecule is CC1(C=O)CC2CC1C1C3CCC(C3)C21. The molecule has 4 aliphatic carbocycles. The van der Waals surface area contributed by atoms with Crippen LogP contribution in [-0.2, 0) is 4.79 Å². The number of rotatable bonds is 1. The first-order valence-electron chi connectivity index (χ1n) is 6.69. The zero-order valence-corrected chi connectivity index (χ0v) is 9.49. The minimum absolute atomic E-state index is 0.0658. The van der Waals surface area contributed by atoms with Crippen LogP contribution < -0.4 is 0 Å². The predicted octanol–water partition coefficient (Wildman–Crippen LogP) is 2.89. The van der Waals surface area contributed by atoms with Crippen molar-refractivity contribution in [1.82, 2.24) is 0 Å². The van der Waals surface area contributed by atoms with Crippen LogP contribution in [0.4, 0.5) is 0 Å². The molecular formula is C14H20O. The molecule has 0 aromatic carbocycles. The normalized spacial score (nSPS) is 64.9. The van der Waals surface area contributed by atoms with E-state index < -0.39 is 0 Å². The lowest BCUT2D eigenvalue weighted by Gasteiger charge is -2.42. The van der Waals surface area contributed by atoms with Gasteiger partial charge in [-0.3, -0.25) is 0 Å². The molecule has 7 unspecified atom stereocenters. The summed E-state index contributed by atoms with van der Waals surface area (Å²) in [4.78, 5) is 11.3. The summed E-state index contributed by atoms with van der Waals surface area (Å²) in [6, 6.07) is 0. The van der Waals surface area contributed by atoms with E-state index in [2.05, 4.69) is 6.92 Å². The van der Waals surface area contributed by atoms with Gasteiger partial charge in [-0.05, 0) is 67.6 Å². The van der Waals surface area contributed by atoms with E-state index in [-0.39, 0.29) is 5.41 Å². The van der Waals surface area contributed by atoms with Crippen LogP contribution >= 0.6 is 0 Å². The number of carbonyl (C=O) groups excluding carboxylic acids is 1. The molecule has 15 heavy (non-hydrogen) atoms.